The Morgan fingerprint density at radius 1 is 0.810 bits per heavy atom. The van der Waals surface area contributed by atoms with Gasteiger partial charge < -0.3 is 33.5 Å². The average Bonchev–Trinajstić information content (AvgIpc) is 2.91. The molecule has 1 N–H and O–H groups in total. The van der Waals surface area contributed by atoms with Crippen molar-refractivity contribution in [3.8, 4) is 23.0 Å². The van der Waals surface area contributed by atoms with Crippen LogP contribution < -0.4 is 19.6 Å². The number of methoxy groups -OCH3 is 1. The van der Waals surface area contributed by atoms with E-state index >= 15 is 0 Å². The summed E-state index contributed by atoms with van der Waals surface area (Å²) < 4.78 is 23.6. The van der Waals surface area contributed by atoms with Crippen LogP contribution in [0.4, 0.5) is 0 Å². The molecule has 226 valence electrons. The molecule has 3 aromatic rings. The normalized spacial score (nSPS) is 10.8. The summed E-state index contributed by atoms with van der Waals surface area (Å²) in [6, 6.07) is 3.03. The molecule has 0 aliphatic heterocycles. The molecule has 0 atom stereocenters. The Morgan fingerprint density at radius 3 is 1.79 bits per heavy atom. The predicted molar refractivity (Wildman–Crippen MR) is 163 cm³/mol. The summed E-state index contributed by atoms with van der Waals surface area (Å²) in [7, 11) is 7.94. The second-order valence-corrected chi connectivity index (χ2v) is 10.9. The number of phenols is 1. The van der Waals surface area contributed by atoms with E-state index < -0.39 is 5.43 Å². The molecule has 1 heterocycles. The van der Waals surface area contributed by atoms with Crippen molar-refractivity contribution in [1.82, 2.24) is 9.80 Å². The lowest BCUT2D eigenvalue weighted by Crippen LogP contribution is -2.27. The number of hydrogen-bond acceptors (Lipinski definition) is 8. The van der Waals surface area contributed by atoms with E-state index in [4.69, 9.17) is 18.6 Å². The number of aromatic hydroxyl groups is 1. The van der Waals surface area contributed by atoms with E-state index in [-0.39, 0.29) is 70.6 Å². The standard InChI is InChI=1S/C32H40N2O8/c1-18(2)10-12-20-22(40-16-26(35)33(5)6)14-24-29(30(20)37)31(38)28-21(13-11-19(3)4)32(39-9)25(15-23(28)42-24)41-17-27(36)34(7)8/h10-11,14-15,37H,12-13,16-17H2,1-9H3. The molecule has 0 radical (unpaired) electrons. The molecule has 10 nitrogen and oxygen atoms in total. The highest BCUT2D eigenvalue weighted by Crippen LogP contribution is 2.41. The van der Waals surface area contributed by atoms with Crippen molar-refractivity contribution in [2.45, 2.75) is 40.5 Å². The Labute approximate surface area is 245 Å². The van der Waals surface area contributed by atoms with Gasteiger partial charge in [-0.2, -0.15) is 0 Å². The highest BCUT2D eigenvalue weighted by Gasteiger charge is 2.25. The second-order valence-electron chi connectivity index (χ2n) is 10.9. The van der Waals surface area contributed by atoms with Crippen LogP contribution in [0.3, 0.4) is 0 Å². The van der Waals surface area contributed by atoms with Gasteiger partial charge in [-0.15, -0.1) is 0 Å². The van der Waals surface area contributed by atoms with E-state index in [2.05, 4.69) is 0 Å². The molecule has 0 fully saturated rings. The molecule has 1 aromatic heterocycles. The van der Waals surface area contributed by atoms with Gasteiger partial charge in [-0.1, -0.05) is 23.3 Å². The molecule has 42 heavy (non-hydrogen) atoms. The van der Waals surface area contributed by atoms with Gasteiger partial charge in [-0.3, -0.25) is 14.4 Å². The molecule has 0 saturated carbocycles. The smallest absolute Gasteiger partial charge is 0.259 e. The number of fused-ring (bicyclic) bond motifs is 2. The van der Waals surface area contributed by atoms with Crippen molar-refractivity contribution in [1.29, 1.82) is 0 Å². The summed E-state index contributed by atoms with van der Waals surface area (Å²) in [5.41, 5.74) is 2.69. The quantitative estimate of drug-likeness (QED) is 0.258. The third-order valence-corrected chi connectivity index (χ3v) is 6.64. The first-order chi connectivity index (χ1) is 19.8. The van der Waals surface area contributed by atoms with Crippen LogP contribution in [-0.2, 0) is 22.4 Å². The summed E-state index contributed by atoms with van der Waals surface area (Å²) in [5.74, 6) is -0.0564. The number of phenolic OH excluding ortho intramolecular Hbond substituents is 1. The lowest BCUT2D eigenvalue weighted by atomic mass is 9.98. The number of carbonyl (C=O) groups is 2. The SMILES string of the molecule is COc1c(OCC(=O)N(C)C)cc2oc3cc(OCC(=O)N(C)C)c(CC=C(C)C)c(O)c3c(=O)c2c1CC=C(C)C. The maximum atomic E-state index is 14.2. The first kappa shape index (κ1) is 32.0. The molecule has 2 amide bonds. The number of hydrogen-bond donors (Lipinski definition) is 1. The van der Waals surface area contributed by atoms with Gasteiger partial charge in [-0.05, 0) is 40.5 Å². The van der Waals surface area contributed by atoms with E-state index in [0.717, 1.165) is 11.1 Å². The van der Waals surface area contributed by atoms with E-state index in [0.29, 0.717) is 23.3 Å². The lowest BCUT2D eigenvalue weighted by molar-refractivity contribution is -0.131. The minimum atomic E-state index is -0.454. The van der Waals surface area contributed by atoms with Crippen LogP contribution in [0.5, 0.6) is 23.0 Å². The summed E-state index contributed by atoms with van der Waals surface area (Å²) in [6.45, 7) is 7.20. The molecule has 0 spiro atoms. The molecule has 0 unspecified atom stereocenters. The summed E-state index contributed by atoms with van der Waals surface area (Å²) in [5, 5.41) is 11.7. The number of likely N-dealkylation sites (N-methyl/N-ethyl adjacent to an activating group) is 2. The van der Waals surface area contributed by atoms with Crippen molar-refractivity contribution in [2.24, 2.45) is 0 Å². The van der Waals surface area contributed by atoms with Gasteiger partial charge in [0.15, 0.2) is 24.7 Å². The first-order valence-electron chi connectivity index (χ1n) is 13.5. The van der Waals surface area contributed by atoms with Crippen molar-refractivity contribution < 1.29 is 33.3 Å². The number of amides is 2. The van der Waals surface area contributed by atoms with Crippen molar-refractivity contribution >= 4 is 33.8 Å². The Balaban J connectivity index is 2.38. The third-order valence-electron chi connectivity index (χ3n) is 6.64. The lowest BCUT2D eigenvalue weighted by Gasteiger charge is -2.19. The van der Waals surface area contributed by atoms with E-state index in [1.165, 1.54) is 29.0 Å². The summed E-state index contributed by atoms with van der Waals surface area (Å²) in [6.07, 6.45) is 4.42. The number of allylic oxidation sites excluding steroid dienone is 4. The van der Waals surface area contributed by atoms with Gasteiger partial charge >= 0.3 is 0 Å². The van der Waals surface area contributed by atoms with Crippen LogP contribution in [0, 0.1) is 0 Å². The van der Waals surface area contributed by atoms with Crippen LogP contribution in [0.15, 0.2) is 44.6 Å². The molecule has 0 aliphatic rings. The van der Waals surface area contributed by atoms with Crippen LogP contribution in [0.1, 0.15) is 38.8 Å². The van der Waals surface area contributed by atoms with Gasteiger partial charge in [0.2, 0.25) is 5.43 Å². The Morgan fingerprint density at radius 2 is 1.29 bits per heavy atom. The largest absolute Gasteiger partial charge is 0.507 e. The van der Waals surface area contributed by atoms with Crippen LogP contribution >= 0.6 is 0 Å². The fourth-order valence-electron chi connectivity index (χ4n) is 4.20. The number of rotatable bonds is 11. The minimum Gasteiger partial charge on any atom is -0.507 e. The molecule has 3 rings (SSSR count). The first-order valence-corrected chi connectivity index (χ1v) is 13.5. The highest BCUT2D eigenvalue weighted by atomic mass is 16.5. The summed E-state index contributed by atoms with van der Waals surface area (Å²) in [4.78, 5) is 41.5. The summed E-state index contributed by atoms with van der Waals surface area (Å²) >= 11 is 0. The fourth-order valence-corrected chi connectivity index (χ4v) is 4.20. The van der Waals surface area contributed by atoms with E-state index in [9.17, 15) is 19.5 Å². The molecule has 10 heteroatoms. The van der Waals surface area contributed by atoms with Crippen LogP contribution in [0.25, 0.3) is 21.9 Å². The maximum Gasteiger partial charge on any atom is 0.259 e. The van der Waals surface area contributed by atoms with Crippen LogP contribution in [0.2, 0.25) is 0 Å². The van der Waals surface area contributed by atoms with E-state index in [1.807, 2.05) is 39.8 Å². The Bertz CT molecular complexity index is 1620. The fraction of sp³-hybridized carbons (Fsp3) is 0.406. The van der Waals surface area contributed by atoms with Crippen molar-refractivity contribution in [3.63, 3.8) is 0 Å². The Hall–Kier alpha value is -4.47. The zero-order valence-electron chi connectivity index (χ0n) is 25.8. The highest BCUT2D eigenvalue weighted by molar-refractivity contribution is 5.98. The zero-order chi connectivity index (χ0) is 31.3. The van der Waals surface area contributed by atoms with E-state index in [1.54, 1.807) is 28.2 Å². The number of benzene rings is 2. The monoisotopic (exact) mass is 580 g/mol. The van der Waals surface area contributed by atoms with Gasteiger partial charge in [0.1, 0.15) is 28.1 Å². The second kappa shape index (κ2) is 13.5. The molecule has 0 saturated heterocycles. The van der Waals surface area contributed by atoms with Gasteiger partial charge in [-0.25, -0.2) is 0 Å². The number of carbonyl (C=O) groups excluding carboxylic acids is 2. The average molecular weight is 581 g/mol. The number of nitrogens with zero attached hydrogens (tertiary/aromatic N) is 2. The van der Waals surface area contributed by atoms with Gasteiger partial charge in [0.05, 0.1) is 12.5 Å². The third kappa shape index (κ3) is 7.05. The predicted octanol–water partition coefficient (Wildman–Crippen LogP) is 4.61. The topological polar surface area (TPSA) is 119 Å². The van der Waals surface area contributed by atoms with Crippen LogP contribution in [-0.4, -0.2) is 75.2 Å². The Kier molecular flexibility index (Phi) is 10.3. The van der Waals surface area contributed by atoms with Gasteiger partial charge in [0, 0.05) is 51.5 Å². The number of ether oxygens (including phenoxy) is 3. The minimum absolute atomic E-state index is 0.0112. The van der Waals surface area contributed by atoms with Crippen molar-refractivity contribution in [2.75, 3.05) is 48.5 Å². The van der Waals surface area contributed by atoms with Crippen molar-refractivity contribution in [3.05, 3.63) is 56.8 Å². The maximum absolute atomic E-state index is 14.2. The molecule has 0 aliphatic carbocycles. The molecule has 2 aromatic carbocycles. The zero-order valence-corrected chi connectivity index (χ0v) is 25.8. The molecule has 0 bridgehead atoms. The molecular formula is C32H40N2O8. The van der Waals surface area contributed by atoms with Gasteiger partial charge in [0.25, 0.3) is 11.8 Å². The molecular weight excluding hydrogens is 540 g/mol.